The molecule has 0 saturated heterocycles. The van der Waals surface area contributed by atoms with Crippen molar-refractivity contribution in [1.82, 2.24) is 5.27 Å². The van der Waals surface area contributed by atoms with Gasteiger partial charge in [-0.25, -0.2) is 18.4 Å². The fourth-order valence-corrected chi connectivity index (χ4v) is 2.60. The molecule has 0 aliphatic heterocycles. The number of hydrogen-bond donors (Lipinski definition) is 2. The smallest absolute Gasteiger partial charge is 0.282 e. The normalized spacial score (nSPS) is 11.5. The molecule has 0 bridgehead atoms. The number of nitrogens with two attached hydrogens (primary N) is 1. The van der Waals surface area contributed by atoms with Crippen molar-refractivity contribution < 1.29 is 17.6 Å². The first-order valence-corrected chi connectivity index (χ1v) is 7.83. The average Bonchev–Trinajstić information content (AvgIpc) is 2.89. The van der Waals surface area contributed by atoms with Crippen molar-refractivity contribution in [1.29, 1.82) is 0 Å². The molecule has 112 valence electrons. The van der Waals surface area contributed by atoms with Crippen LogP contribution in [0.25, 0.3) is 16.9 Å². The summed E-state index contributed by atoms with van der Waals surface area (Å²) in [5, 5.41) is 7.56. The Labute approximate surface area is 125 Å². The molecular formula is C14H12N3O4S+. The van der Waals surface area contributed by atoms with Crippen LogP contribution in [-0.2, 0) is 10.0 Å². The Kier molecular flexibility index (Phi) is 3.39. The number of nitrogens with zero attached hydrogens (tertiary/aromatic N) is 1. The van der Waals surface area contributed by atoms with E-state index in [0.717, 1.165) is 0 Å². The molecule has 0 radical (unpaired) electrons. The van der Waals surface area contributed by atoms with E-state index in [1.54, 1.807) is 24.3 Å². The number of hydrogen-bond acceptors (Lipinski definition) is 4. The monoisotopic (exact) mass is 318 g/mol. The zero-order valence-electron chi connectivity index (χ0n) is 11.3. The number of rotatable bonds is 3. The number of primary sulfonamides is 1. The number of benzene rings is 2. The van der Waals surface area contributed by atoms with E-state index in [0.29, 0.717) is 16.9 Å². The number of H-pyrrole nitrogens is 1. The minimum atomic E-state index is -3.76. The van der Waals surface area contributed by atoms with Crippen molar-refractivity contribution in [3.05, 3.63) is 65.0 Å². The minimum absolute atomic E-state index is 0.0102. The summed E-state index contributed by atoms with van der Waals surface area (Å²) in [6, 6.07) is 14.8. The number of aromatic amines is 1. The molecule has 0 amide bonds. The van der Waals surface area contributed by atoms with Gasteiger partial charge in [-0.05, 0) is 34.2 Å². The lowest BCUT2D eigenvalue weighted by Gasteiger charge is -1.98. The molecule has 3 N–H and O–H groups in total. The van der Waals surface area contributed by atoms with Gasteiger partial charge in [0.25, 0.3) is 0 Å². The average molecular weight is 318 g/mol. The van der Waals surface area contributed by atoms with Gasteiger partial charge < -0.3 is 0 Å². The van der Waals surface area contributed by atoms with Gasteiger partial charge in [0.1, 0.15) is 0 Å². The summed E-state index contributed by atoms with van der Waals surface area (Å²) in [5.74, 6) is 0. The lowest BCUT2D eigenvalue weighted by molar-refractivity contribution is -0.660. The molecule has 0 aliphatic carbocycles. The summed E-state index contributed by atoms with van der Waals surface area (Å²) in [6.45, 7) is 0. The van der Waals surface area contributed by atoms with Crippen molar-refractivity contribution in [3.63, 3.8) is 0 Å². The third-order valence-corrected chi connectivity index (χ3v) is 4.05. The van der Waals surface area contributed by atoms with E-state index in [9.17, 15) is 13.2 Å². The molecule has 0 atom stereocenters. The van der Waals surface area contributed by atoms with Gasteiger partial charge in [-0.15, -0.1) is 0 Å². The van der Waals surface area contributed by atoms with E-state index in [1.807, 2.05) is 6.07 Å². The summed E-state index contributed by atoms with van der Waals surface area (Å²) in [6.07, 6.45) is 0. The Hall–Kier alpha value is -2.71. The van der Waals surface area contributed by atoms with Crippen molar-refractivity contribution >= 4 is 10.0 Å². The van der Waals surface area contributed by atoms with Crippen LogP contribution in [0, 0.1) is 0 Å². The van der Waals surface area contributed by atoms with Crippen LogP contribution in [0.3, 0.4) is 0 Å². The van der Waals surface area contributed by atoms with Gasteiger partial charge in [0.05, 0.1) is 10.5 Å². The SMILES string of the molecule is NS(=O)(=O)c1ccc(-[n+]2[nH]oc(=O)c2-c2ccccc2)cc1. The first-order valence-electron chi connectivity index (χ1n) is 6.29. The van der Waals surface area contributed by atoms with Crippen LogP contribution < -0.4 is 15.4 Å². The molecule has 7 nitrogen and oxygen atoms in total. The highest BCUT2D eigenvalue weighted by Crippen LogP contribution is 2.14. The molecule has 3 rings (SSSR count). The van der Waals surface area contributed by atoms with Crippen LogP contribution in [0.2, 0.25) is 0 Å². The Morgan fingerprint density at radius 3 is 2.23 bits per heavy atom. The minimum Gasteiger partial charge on any atom is -0.282 e. The van der Waals surface area contributed by atoms with Gasteiger partial charge in [-0.3, -0.25) is 4.52 Å². The predicted molar refractivity (Wildman–Crippen MR) is 77.7 cm³/mol. The van der Waals surface area contributed by atoms with E-state index in [-0.39, 0.29) is 4.90 Å². The van der Waals surface area contributed by atoms with Gasteiger partial charge >= 0.3 is 11.3 Å². The third kappa shape index (κ3) is 2.57. The molecule has 2 aromatic carbocycles. The molecule has 0 fully saturated rings. The molecule has 0 unspecified atom stereocenters. The maximum absolute atomic E-state index is 11.9. The lowest BCUT2D eigenvalue weighted by atomic mass is 10.1. The van der Waals surface area contributed by atoms with Crippen molar-refractivity contribution in [2.45, 2.75) is 4.90 Å². The first-order chi connectivity index (χ1) is 10.5. The summed E-state index contributed by atoms with van der Waals surface area (Å²) < 4.78 is 28.8. The van der Waals surface area contributed by atoms with E-state index in [4.69, 9.17) is 9.66 Å². The van der Waals surface area contributed by atoms with Crippen LogP contribution >= 0.6 is 0 Å². The molecule has 1 heterocycles. The highest BCUT2D eigenvalue weighted by Gasteiger charge is 2.25. The van der Waals surface area contributed by atoms with E-state index < -0.39 is 15.6 Å². The number of aromatic nitrogens is 2. The predicted octanol–water partition coefficient (Wildman–Crippen LogP) is 0.559. The number of nitrogens with one attached hydrogen (secondary N) is 1. The third-order valence-electron chi connectivity index (χ3n) is 3.12. The van der Waals surface area contributed by atoms with Crippen molar-refractivity contribution in [2.24, 2.45) is 5.14 Å². The maximum Gasteiger partial charge on any atom is 0.435 e. The second-order valence-corrected chi connectivity index (χ2v) is 6.13. The summed E-state index contributed by atoms with van der Waals surface area (Å²) in [4.78, 5) is 11.9. The van der Waals surface area contributed by atoms with E-state index >= 15 is 0 Å². The molecule has 3 aromatic rings. The molecule has 8 heteroatoms. The highest BCUT2D eigenvalue weighted by molar-refractivity contribution is 7.89. The second kappa shape index (κ2) is 5.24. The van der Waals surface area contributed by atoms with Crippen LogP contribution in [-0.4, -0.2) is 13.7 Å². The summed E-state index contributed by atoms with van der Waals surface area (Å²) >= 11 is 0. The van der Waals surface area contributed by atoms with Crippen LogP contribution in [0.1, 0.15) is 0 Å². The zero-order chi connectivity index (χ0) is 15.7. The summed E-state index contributed by atoms with van der Waals surface area (Å²) in [5.41, 5.74) is 0.996. The van der Waals surface area contributed by atoms with Gasteiger partial charge in [-0.1, -0.05) is 18.2 Å². The van der Waals surface area contributed by atoms with Crippen LogP contribution in [0.5, 0.6) is 0 Å². The van der Waals surface area contributed by atoms with Gasteiger partial charge in [0, 0.05) is 12.1 Å². The quantitative estimate of drug-likeness (QED) is 0.687. The van der Waals surface area contributed by atoms with Crippen molar-refractivity contribution in [2.75, 3.05) is 0 Å². The fourth-order valence-electron chi connectivity index (χ4n) is 2.08. The largest absolute Gasteiger partial charge is 0.435 e. The Morgan fingerprint density at radius 1 is 1.00 bits per heavy atom. The van der Waals surface area contributed by atoms with Gasteiger partial charge in [0.2, 0.25) is 15.7 Å². The number of sulfonamides is 1. The van der Waals surface area contributed by atoms with E-state index in [1.165, 1.54) is 28.9 Å². The van der Waals surface area contributed by atoms with Gasteiger partial charge in [-0.2, -0.15) is 0 Å². The molecule has 0 spiro atoms. The molecule has 22 heavy (non-hydrogen) atoms. The Balaban J connectivity index is 2.13. The second-order valence-electron chi connectivity index (χ2n) is 4.57. The molecule has 1 aromatic heterocycles. The zero-order valence-corrected chi connectivity index (χ0v) is 12.1. The van der Waals surface area contributed by atoms with Gasteiger partial charge in [0.15, 0.2) is 0 Å². The first kappa shape index (κ1) is 14.2. The topological polar surface area (TPSA) is 110 Å². The maximum atomic E-state index is 11.9. The summed E-state index contributed by atoms with van der Waals surface area (Å²) in [7, 11) is -3.76. The Morgan fingerprint density at radius 2 is 1.64 bits per heavy atom. The van der Waals surface area contributed by atoms with Crippen LogP contribution in [0.4, 0.5) is 0 Å². The molecule has 0 saturated carbocycles. The molecule has 0 aliphatic rings. The highest BCUT2D eigenvalue weighted by atomic mass is 32.2. The van der Waals surface area contributed by atoms with Crippen molar-refractivity contribution in [3.8, 4) is 16.9 Å². The Bertz CT molecular complexity index is 957. The lowest BCUT2D eigenvalue weighted by Crippen LogP contribution is -2.36. The standard InChI is InChI=1S/C14H11N3O4S/c15-22(19,20)12-8-6-11(7-9-12)17-13(14(18)21-16-17)10-4-2-1-3-5-10/h1-9H,(H2-,15,16,18,19,20)/p+1. The molecular weight excluding hydrogens is 306 g/mol. The fraction of sp³-hybridized carbons (Fsp3) is 0. The van der Waals surface area contributed by atoms with Crippen LogP contribution in [0.15, 0.2) is 68.8 Å². The van der Waals surface area contributed by atoms with E-state index in [2.05, 4.69) is 5.27 Å².